The molecule has 0 amide bonds. The van der Waals surface area contributed by atoms with E-state index in [2.05, 4.69) is 20.7 Å². The maximum absolute atomic E-state index is 5.23. The first-order valence-electron chi connectivity index (χ1n) is 5.47. The molecule has 0 bridgehead atoms. The molecule has 0 aromatic carbocycles. The average molecular weight is 219 g/mol. The molecule has 0 radical (unpaired) electrons. The lowest BCUT2D eigenvalue weighted by atomic mass is 10.1. The number of furan rings is 1. The molecule has 1 saturated heterocycles. The fourth-order valence-electron chi connectivity index (χ4n) is 1.92. The SMILES string of the molecule is c1coc(-c2nnn(C3CCNCC3)n2)c1. The van der Waals surface area contributed by atoms with E-state index in [1.165, 1.54) is 0 Å². The van der Waals surface area contributed by atoms with E-state index in [0.717, 1.165) is 25.9 Å². The zero-order valence-corrected chi connectivity index (χ0v) is 8.83. The number of nitrogens with zero attached hydrogens (tertiary/aromatic N) is 4. The summed E-state index contributed by atoms with van der Waals surface area (Å²) in [6, 6.07) is 4.02. The topological polar surface area (TPSA) is 68.8 Å². The van der Waals surface area contributed by atoms with Gasteiger partial charge in [0.25, 0.3) is 0 Å². The minimum Gasteiger partial charge on any atom is -0.461 e. The van der Waals surface area contributed by atoms with Crippen molar-refractivity contribution in [3.05, 3.63) is 18.4 Å². The zero-order chi connectivity index (χ0) is 10.8. The van der Waals surface area contributed by atoms with E-state index in [4.69, 9.17) is 4.42 Å². The lowest BCUT2D eigenvalue weighted by molar-refractivity contribution is 0.309. The number of hydrogen-bond donors (Lipinski definition) is 1. The zero-order valence-electron chi connectivity index (χ0n) is 8.83. The quantitative estimate of drug-likeness (QED) is 0.811. The Bertz CT molecular complexity index is 443. The summed E-state index contributed by atoms with van der Waals surface area (Å²) in [5.41, 5.74) is 0. The summed E-state index contributed by atoms with van der Waals surface area (Å²) < 4.78 is 5.23. The molecular formula is C10H13N5O. The number of aromatic nitrogens is 4. The van der Waals surface area contributed by atoms with Crippen LogP contribution in [0.2, 0.25) is 0 Å². The smallest absolute Gasteiger partial charge is 0.240 e. The number of tetrazole rings is 1. The van der Waals surface area contributed by atoms with Crippen molar-refractivity contribution in [1.82, 2.24) is 25.5 Å². The van der Waals surface area contributed by atoms with Crippen LogP contribution in [-0.4, -0.2) is 33.3 Å². The fourth-order valence-corrected chi connectivity index (χ4v) is 1.92. The summed E-state index contributed by atoms with van der Waals surface area (Å²) in [7, 11) is 0. The van der Waals surface area contributed by atoms with Gasteiger partial charge in [0.15, 0.2) is 5.76 Å². The van der Waals surface area contributed by atoms with Crippen LogP contribution in [-0.2, 0) is 0 Å². The Balaban J connectivity index is 1.82. The highest BCUT2D eigenvalue weighted by Gasteiger charge is 2.18. The molecule has 6 nitrogen and oxygen atoms in total. The maximum atomic E-state index is 5.23. The molecule has 1 aliphatic heterocycles. The Morgan fingerprint density at radius 3 is 3.00 bits per heavy atom. The van der Waals surface area contributed by atoms with Crippen molar-refractivity contribution in [3.63, 3.8) is 0 Å². The monoisotopic (exact) mass is 219 g/mol. The largest absolute Gasteiger partial charge is 0.461 e. The van der Waals surface area contributed by atoms with Gasteiger partial charge in [0, 0.05) is 0 Å². The summed E-state index contributed by atoms with van der Waals surface area (Å²) in [5, 5.41) is 15.7. The van der Waals surface area contributed by atoms with Gasteiger partial charge in [-0.2, -0.15) is 4.80 Å². The molecule has 3 rings (SSSR count). The predicted octanol–water partition coefficient (Wildman–Crippen LogP) is 0.858. The molecule has 2 aromatic rings. The maximum Gasteiger partial charge on any atom is 0.240 e. The lowest BCUT2D eigenvalue weighted by Crippen LogP contribution is -2.30. The van der Waals surface area contributed by atoms with Crippen molar-refractivity contribution in [2.24, 2.45) is 0 Å². The van der Waals surface area contributed by atoms with Crippen molar-refractivity contribution in [2.75, 3.05) is 13.1 Å². The number of hydrogen-bond acceptors (Lipinski definition) is 5. The van der Waals surface area contributed by atoms with Gasteiger partial charge in [0.1, 0.15) is 0 Å². The molecule has 3 heterocycles. The van der Waals surface area contributed by atoms with Crippen LogP contribution in [0.25, 0.3) is 11.6 Å². The molecule has 0 spiro atoms. The summed E-state index contributed by atoms with van der Waals surface area (Å²) in [6.45, 7) is 2.03. The standard InChI is InChI=1S/C10H13N5O/c1-2-9(16-7-1)10-12-14-15(13-10)8-3-5-11-6-4-8/h1-2,7-8,11H,3-6H2. The van der Waals surface area contributed by atoms with Crippen LogP contribution in [0.15, 0.2) is 22.8 Å². The molecule has 0 aliphatic carbocycles. The lowest BCUT2D eigenvalue weighted by Gasteiger charge is -2.20. The van der Waals surface area contributed by atoms with Gasteiger partial charge in [-0.15, -0.1) is 10.2 Å². The molecule has 16 heavy (non-hydrogen) atoms. The minimum atomic E-state index is 0.359. The summed E-state index contributed by atoms with van der Waals surface area (Å²) >= 11 is 0. The molecule has 2 aromatic heterocycles. The van der Waals surface area contributed by atoms with E-state index in [1.54, 1.807) is 11.1 Å². The number of rotatable bonds is 2. The molecule has 0 atom stereocenters. The van der Waals surface area contributed by atoms with Crippen LogP contribution in [0.5, 0.6) is 0 Å². The Morgan fingerprint density at radius 1 is 1.38 bits per heavy atom. The number of piperidine rings is 1. The molecule has 0 unspecified atom stereocenters. The fraction of sp³-hybridized carbons (Fsp3) is 0.500. The van der Waals surface area contributed by atoms with Crippen molar-refractivity contribution in [2.45, 2.75) is 18.9 Å². The second kappa shape index (κ2) is 4.05. The molecule has 0 saturated carbocycles. The first-order valence-corrected chi connectivity index (χ1v) is 5.47. The molecule has 1 N–H and O–H groups in total. The van der Waals surface area contributed by atoms with Crippen LogP contribution >= 0.6 is 0 Å². The highest BCUT2D eigenvalue weighted by Crippen LogP contribution is 2.18. The van der Waals surface area contributed by atoms with Crippen molar-refractivity contribution in [3.8, 4) is 11.6 Å². The van der Waals surface area contributed by atoms with Crippen LogP contribution in [0.1, 0.15) is 18.9 Å². The Kier molecular flexibility index (Phi) is 2.41. The van der Waals surface area contributed by atoms with Crippen LogP contribution < -0.4 is 5.32 Å². The first-order chi connectivity index (χ1) is 7.93. The summed E-state index contributed by atoms with van der Waals surface area (Å²) in [4.78, 5) is 1.71. The normalized spacial score (nSPS) is 17.8. The highest BCUT2D eigenvalue weighted by atomic mass is 16.3. The third-order valence-corrected chi connectivity index (χ3v) is 2.81. The molecular weight excluding hydrogens is 206 g/mol. The van der Waals surface area contributed by atoms with Gasteiger partial charge < -0.3 is 9.73 Å². The van der Waals surface area contributed by atoms with E-state index in [1.807, 2.05) is 12.1 Å². The van der Waals surface area contributed by atoms with E-state index in [-0.39, 0.29) is 0 Å². The van der Waals surface area contributed by atoms with Gasteiger partial charge in [-0.1, -0.05) is 0 Å². The van der Waals surface area contributed by atoms with Gasteiger partial charge >= 0.3 is 0 Å². The molecule has 84 valence electrons. The molecule has 1 fully saturated rings. The number of nitrogens with one attached hydrogen (secondary N) is 1. The van der Waals surface area contributed by atoms with Crippen LogP contribution in [0.4, 0.5) is 0 Å². The third-order valence-electron chi connectivity index (χ3n) is 2.81. The Morgan fingerprint density at radius 2 is 2.25 bits per heavy atom. The third kappa shape index (κ3) is 1.71. The summed E-state index contributed by atoms with van der Waals surface area (Å²) in [6.07, 6.45) is 3.71. The van der Waals surface area contributed by atoms with E-state index >= 15 is 0 Å². The van der Waals surface area contributed by atoms with Crippen molar-refractivity contribution < 1.29 is 4.42 Å². The van der Waals surface area contributed by atoms with E-state index < -0.39 is 0 Å². The van der Waals surface area contributed by atoms with Gasteiger partial charge in [0.05, 0.1) is 12.3 Å². The van der Waals surface area contributed by atoms with Crippen LogP contribution in [0.3, 0.4) is 0 Å². The minimum absolute atomic E-state index is 0.359. The van der Waals surface area contributed by atoms with Crippen molar-refractivity contribution >= 4 is 0 Å². The van der Waals surface area contributed by atoms with Gasteiger partial charge in [-0.3, -0.25) is 0 Å². The van der Waals surface area contributed by atoms with E-state index in [0.29, 0.717) is 17.6 Å². The van der Waals surface area contributed by atoms with Gasteiger partial charge in [-0.05, 0) is 43.3 Å². The van der Waals surface area contributed by atoms with Crippen molar-refractivity contribution in [1.29, 1.82) is 0 Å². The van der Waals surface area contributed by atoms with E-state index in [9.17, 15) is 0 Å². The second-order valence-electron chi connectivity index (χ2n) is 3.89. The predicted molar refractivity (Wildman–Crippen MR) is 56.7 cm³/mol. The Hall–Kier alpha value is -1.69. The molecule has 6 heteroatoms. The van der Waals surface area contributed by atoms with Crippen LogP contribution in [0, 0.1) is 0 Å². The highest BCUT2D eigenvalue weighted by molar-refractivity contribution is 5.43. The van der Waals surface area contributed by atoms with Gasteiger partial charge in [-0.25, -0.2) is 0 Å². The average Bonchev–Trinajstić information content (AvgIpc) is 3.01. The Labute approximate surface area is 92.6 Å². The second-order valence-corrected chi connectivity index (χ2v) is 3.89. The summed E-state index contributed by atoms with van der Waals surface area (Å²) in [5.74, 6) is 1.23. The van der Waals surface area contributed by atoms with Gasteiger partial charge in [0.2, 0.25) is 5.82 Å². The first kappa shape index (κ1) is 9.53. The molecule has 1 aliphatic rings.